The second-order valence-electron chi connectivity index (χ2n) is 3.41. The molecule has 0 bridgehead atoms. The molecule has 86 valence electrons. The van der Waals surface area contributed by atoms with Crippen molar-refractivity contribution < 1.29 is 13.2 Å². The van der Waals surface area contributed by atoms with Crippen molar-refractivity contribution in [2.45, 2.75) is 12.5 Å². The Kier molecular flexibility index (Phi) is 3.12. The molecule has 0 saturated heterocycles. The van der Waals surface area contributed by atoms with Crippen molar-refractivity contribution in [3.8, 4) is 0 Å². The highest BCUT2D eigenvalue weighted by molar-refractivity contribution is 6.34. The van der Waals surface area contributed by atoms with Crippen LogP contribution in [0.4, 0.5) is 8.78 Å². The van der Waals surface area contributed by atoms with Gasteiger partial charge in [-0.3, -0.25) is 0 Å². The van der Waals surface area contributed by atoms with Gasteiger partial charge in [0.15, 0.2) is 5.58 Å². The molecule has 1 aromatic carbocycles. The van der Waals surface area contributed by atoms with Crippen LogP contribution in [0.15, 0.2) is 28.7 Å². The van der Waals surface area contributed by atoms with E-state index in [2.05, 4.69) is 5.32 Å². The summed E-state index contributed by atoms with van der Waals surface area (Å²) in [5, 5.41) is 3.66. The molecule has 0 spiro atoms. The van der Waals surface area contributed by atoms with Gasteiger partial charge in [-0.1, -0.05) is 23.7 Å². The maximum Gasteiger partial charge on any atom is 0.260 e. The van der Waals surface area contributed by atoms with E-state index in [9.17, 15) is 8.78 Å². The Morgan fingerprint density at radius 2 is 2.12 bits per heavy atom. The standard InChI is InChI=1S/C11H10ClF2NO/c1-15-9(11(13)14)8-5-6-3-2-4-7(12)10(6)16-8/h2-5,9,11,15H,1H3. The molecule has 2 nitrogen and oxygen atoms in total. The third kappa shape index (κ3) is 1.90. The lowest BCUT2D eigenvalue weighted by molar-refractivity contribution is 0.0928. The van der Waals surface area contributed by atoms with E-state index in [0.717, 1.165) is 5.39 Å². The summed E-state index contributed by atoms with van der Waals surface area (Å²) in [4.78, 5) is 0. The normalized spacial score (nSPS) is 13.6. The second kappa shape index (κ2) is 4.39. The van der Waals surface area contributed by atoms with Gasteiger partial charge < -0.3 is 9.73 Å². The van der Waals surface area contributed by atoms with Crippen molar-refractivity contribution >= 4 is 22.6 Å². The van der Waals surface area contributed by atoms with E-state index >= 15 is 0 Å². The summed E-state index contributed by atoms with van der Waals surface area (Å²) in [6.45, 7) is 0. The predicted molar refractivity (Wildman–Crippen MR) is 59.0 cm³/mol. The Morgan fingerprint density at radius 3 is 2.69 bits per heavy atom. The molecular formula is C11H10ClF2NO. The number of fused-ring (bicyclic) bond motifs is 1. The molecule has 0 aliphatic heterocycles. The maximum atomic E-state index is 12.7. The van der Waals surface area contributed by atoms with E-state index in [4.69, 9.17) is 16.0 Å². The second-order valence-corrected chi connectivity index (χ2v) is 3.81. The lowest BCUT2D eigenvalue weighted by atomic mass is 10.2. The zero-order valence-corrected chi connectivity index (χ0v) is 9.26. The fourth-order valence-corrected chi connectivity index (χ4v) is 1.81. The Bertz CT molecular complexity index is 498. The van der Waals surface area contributed by atoms with Crippen molar-refractivity contribution in [1.29, 1.82) is 0 Å². The number of hydrogen-bond donors (Lipinski definition) is 1. The van der Waals surface area contributed by atoms with Crippen LogP contribution in [0.1, 0.15) is 11.8 Å². The fourth-order valence-electron chi connectivity index (χ4n) is 1.59. The first-order valence-corrected chi connectivity index (χ1v) is 5.14. The molecule has 0 aliphatic rings. The van der Waals surface area contributed by atoms with Gasteiger partial charge >= 0.3 is 0 Å². The summed E-state index contributed by atoms with van der Waals surface area (Å²) in [6.07, 6.45) is -2.52. The van der Waals surface area contributed by atoms with Crippen LogP contribution < -0.4 is 5.32 Å². The van der Waals surface area contributed by atoms with E-state index in [-0.39, 0.29) is 5.76 Å². The van der Waals surface area contributed by atoms with E-state index in [1.54, 1.807) is 24.3 Å². The van der Waals surface area contributed by atoms with Crippen molar-refractivity contribution in [1.82, 2.24) is 5.32 Å². The van der Waals surface area contributed by atoms with Crippen LogP contribution in [-0.4, -0.2) is 13.5 Å². The number of furan rings is 1. The van der Waals surface area contributed by atoms with Crippen LogP contribution >= 0.6 is 11.6 Å². The zero-order chi connectivity index (χ0) is 11.7. The van der Waals surface area contributed by atoms with Crippen LogP contribution in [0.5, 0.6) is 0 Å². The Labute approximate surface area is 96.2 Å². The average Bonchev–Trinajstić information content (AvgIpc) is 2.63. The molecule has 1 atom stereocenters. The highest BCUT2D eigenvalue weighted by Crippen LogP contribution is 2.31. The topological polar surface area (TPSA) is 25.2 Å². The van der Waals surface area contributed by atoms with Gasteiger partial charge in [0.05, 0.1) is 5.02 Å². The predicted octanol–water partition coefficient (Wildman–Crippen LogP) is 3.61. The highest BCUT2D eigenvalue weighted by Gasteiger charge is 2.24. The number of nitrogens with one attached hydrogen (secondary N) is 1. The largest absolute Gasteiger partial charge is 0.458 e. The molecule has 0 saturated carbocycles. The summed E-state index contributed by atoms with van der Waals surface area (Å²) < 4.78 is 30.7. The van der Waals surface area contributed by atoms with Crippen LogP contribution in [0.2, 0.25) is 5.02 Å². The summed E-state index contributed by atoms with van der Waals surface area (Å²) in [6, 6.07) is 5.65. The van der Waals surface area contributed by atoms with Crippen LogP contribution in [0.25, 0.3) is 11.0 Å². The van der Waals surface area contributed by atoms with Gasteiger partial charge in [-0.15, -0.1) is 0 Å². The fraction of sp³-hybridized carbons (Fsp3) is 0.273. The minimum absolute atomic E-state index is 0.195. The molecule has 1 heterocycles. The minimum atomic E-state index is -2.52. The highest BCUT2D eigenvalue weighted by atomic mass is 35.5. The first-order valence-electron chi connectivity index (χ1n) is 4.77. The number of alkyl halides is 2. The SMILES string of the molecule is CNC(c1cc2cccc(Cl)c2o1)C(F)F. The average molecular weight is 246 g/mol. The molecule has 1 aromatic heterocycles. The van der Waals surface area contributed by atoms with Crippen molar-refractivity contribution in [2.24, 2.45) is 0 Å². The number of rotatable bonds is 3. The van der Waals surface area contributed by atoms with Gasteiger partial charge in [0, 0.05) is 5.39 Å². The third-order valence-corrected chi connectivity index (χ3v) is 2.68. The van der Waals surface area contributed by atoms with Crippen LogP contribution in [-0.2, 0) is 0 Å². The van der Waals surface area contributed by atoms with Gasteiger partial charge in [-0.25, -0.2) is 8.78 Å². The molecule has 1 N–H and O–H groups in total. The molecule has 2 aromatic rings. The van der Waals surface area contributed by atoms with Gasteiger partial charge in [0.2, 0.25) is 0 Å². The molecule has 0 aliphatic carbocycles. The zero-order valence-electron chi connectivity index (χ0n) is 8.51. The molecule has 0 radical (unpaired) electrons. The maximum absolute atomic E-state index is 12.7. The van der Waals surface area contributed by atoms with Crippen LogP contribution in [0.3, 0.4) is 0 Å². The van der Waals surface area contributed by atoms with E-state index in [1.807, 2.05) is 0 Å². The molecule has 0 amide bonds. The van der Waals surface area contributed by atoms with E-state index in [0.29, 0.717) is 10.6 Å². The summed E-state index contributed by atoms with van der Waals surface area (Å²) >= 11 is 5.90. The molecule has 16 heavy (non-hydrogen) atoms. The van der Waals surface area contributed by atoms with Crippen molar-refractivity contribution in [2.75, 3.05) is 7.05 Å². The Hall–Kier alpha value is -1.13. The molecule has 5 heteroatoms. The molecule has 1 unspecified atom stereocenters. The third-order valence-electron chi connectivity index (χ3n) is 2.38. The number of para-hydroxylation sites is 1. The smallest absolute Gasteiger partial charge is 0.260 e. The first kappa shape index (κ1) is 11.4. The molecular weight excluding hydrogens is 236 g/mol. The Morgan fingerprint density at radius 1 is 1.38 bits per heavy atom. The number of halogens is 3. The lowest BCUT2D eigenvalue weighted by Gasteiger charge is -2.11. The van der Waals surface area contributed by atoms with Gasteiger partial charge in [0.1, 0.15) is 11.8 Å². The molecule has 0 fully saturated rings. The Balaban J connectivity index is 2.50. The summed E-state index contributed by atoms with van der Waals surface area (Å²) in [7, 11) is 1.46. The molecule has 2 rings (SSSR count). The van der Waals surface area contributed by atoms with Gasteiger partial charge in [-0.2, -0.15) is 0 Å². The summed E-state index contributed by atoms with van der Waals surface area (Å²) in [5.74, 6) is 0.195. The van der Waals surface area contributed by atoms with E-state index < -0.39 is 12.5 Å². The summed E-state index contributed by atoms with van der Waals surface area (Å²) in [5.41, 5.74) is 0.445. The van der Waals surface area contributed by atoms with Gasteiger partial charge in [0.25, 0.3) is 6.43 Å². The first-order chi connectivity index (χ1) is 7.63. The minimum Gasteiger partial charge on any atom is -0.458 e. The van der Waals surface area contributed by atoms with Crippen molar-refractivity contribution in [3.63, 3.8) is 0 Å². The van der Waals surface area contributed by atoms with E-state index in [1.165, 1.54) is 7.05 Å². The van der Waals surface area contributed by atoms with Crippen molar-refractivity contribution in [3.05, 3.63) is 35.0 Å². The number of benzene rings is 1. The number of hydrogen-bond acceptors (Lipinski definition) is 2. The monoisotopic (exact) mass is 245 g/mol. The van der Waals surface area contributed by atoms with Gasteiger partial charge in [-0.05, 0) is 19.2 Å². The lowest BCUT2D eigenvalue weighted by Crippen LogP contribution is -2.22. The quantitative estimate of drug-likeness (QED) is 0.894. The van der Waals surface area contributed by atoms with Crippen LogP contribution in [0, 0.1) is 0 Å².